The maximum absolute atomic E-state index is 9.26. The van der Waals surface area contributed by atoms with Gasteiger partial charge in [-0.2, -0.15) is 0 Å². The average molecular weight is 196 g/mol. The fourth-order valence-corrected chi connectivity index (χ4v) is 1.32. The van der Waals surface area contributed by atoms with Crippen LogP contribution in [0.3, 0.4) is 0 Å². The monoisotopic (exact) mass is 196 g/mol. The molecule has 0 aliphatic rings. The van der Waals surface area contributed by atoms with Gasteiger partial charge >= 0.3 is 0 Å². The molecule has 0 heterocycles. The molecule has 0 saturated heterocycles. The second-order valence-electron chi connectivity index (χ2n) is 3.05. The van der Waals surface area contributed by atoms with Crippen LogP contribution in [0.4, 0.5) is 0 Å². The van der Waals surface area contributed by atoms with Crippen LogP contribution in [0.1, 0.15) is 24.2 Å². The van der Waals surface area contributed by atoms with Crippen molar-refractivity contribution in [3.05, 3.63) is 35.4 Å². The van der Waals surface area contributed by atoms with E-state index < -0.39 is 0 Å². The Morgan fingerprint density at radius 1 is 1.38 bits per heavy atom. The van der Waals surface area contributed by atoms with E-state index in [2.05, 4.69) is 0 Å². The third kappa shape index (κ3) is 3.30. The van der Waals surface area contributed by atoms with E-state index in [9.17, 15) is 5.11 Å². The van der Waals surface area contributed by atoms with E-state index >= 15 is 0 Å². The molecule has 1 aromatic rings. The Kier molecular flexibility index (Phi) is 4.15. The molecule has 1 N–H and O–H groups in total. The highest BCUT2D eigenvalue weighted by atomic mass is 28.1. The van der Waals surface area contributed by atoms with Crippen molar-refractivity contribution in [2.24, 2.45) is 0 Å². The highest BCUT2D eigenvalue weighted by Gasteiger charge is 1.99. The van der Waals surface area contributed by atoms with Crippen molar-refractivity contribution in [1.82, 2.24) is 0 Å². The first-order valence-electron chi connectivity index (χ1n) is 4.58. The summed E-state index contributed by atoms with van der Waals surface area (Å²) in [6.07, 6.45) is 0.492. The summed E-state index contributed by atoms with van der Waals surface area (Å²) in [4.78, 5) is 0. The average Bonchev–Trinajstić information content (AvgIpc) is 2.15. The van der Waals surface area contributed by atoms with Crippen LogP contribution < -0.4 is 0 Å². The van der Waals surface area contributed by atoms with Crippen molar-refractivity contribution < 1.29 is 9.84 Å². The smallest absolute Gasteiger partial charge is 0.0761 e. The van der Waals surface area contributed by atoms with Gasteiger partial charge in [-0.1, -0.05) is 24.3 Å². The van der Waals surface area contributed by atoms with E-state index in [-0.39, 0.29) is 6.10 Å². The van der Waals surface area contributed by atoms with Crippen LogP contribution in [0.25, 0.3) is 0 Å². The molecule has 0 aliphatic heterocycles. The first kappa shape index (κ1) is 10.4. The fourth-order valence-electron chi connectivity index (χ4n) is 1.11. The number of rotatable bonds is 4. The van der Waals surface area contributed by atoms with E-state index in [1.54, 1.807) is 6.92 Å². The predicted molar refractivity (Wildman–Crippen MR) is 56.7 cm³/mol. The van der Waals surface area contributed by atoms with Crippen LogP contribution in [-0.2, 0) is 11.3 Å². The van der Waals surface area contributed by atoms with Gasteiger partial charge in [0.2, 0.25) is 0 Å². The Balaban J connectivity index is 2.59. The summed E-state index contributed by atoms with van der Waals surface area (Å²) in [5, 5.41) is 9.26. The molecule has 1 atom stereocenters. The van der Waals surface area contributed by atoms with E-state index in [0.717, 1.165) is 22.0 Å². The summed E-state index contributed by atoms with van der Waals surface area (Å²) in [5.41, 5.74) is 2.12. The van der Waals surface area contributed by atoms with Crippen LogP contribution in [0.2, 0.25) is 0 Å². The lowest BCUT2D eigenvalue weighted by atomic mass is 10.1. The Bertz CT molecular complexity index is 244. The molecule has 0 bridgehead atoms. The third-order valence-electron chi connectivity index (χ3n) is 1.93. The third-order valence-corrected chi connectivity index (χ3v) is 2.34. The minimum absolute atomic E-state index is 0.381. The summed E-state index contributed by atoms with van der Waals surface area (Å²) < 4.78 is 5.32. The maximum atomic E-state index is 9.26. The molecule has 13 heavy (non-hydrogen) atoms. The normalized spacial score (nSPS) is 13.1. The zero-order chi connectivity index (χ0) is 9.68. The largest absolute Gasteiger partial charge is 0.389 e. The summed E-state index contributed by atoms with van der Waals surface area (Å²) in [6, 6.07) is 7.88. The van der Waals surface area contributed by atoms with Crippen molar-refractivity contribution in [2.45, 2.75) is 19.6 Å². The Labute approximate surface area is 82.0 Å². The number of aliphatic hydroxyl groups excluding tert-OH is 1. The highest BCUT2D eigenvalue weighted by Crippen LogP contribution is 2.12. The zero-order valence-corrected chi connectivity index (χ0v) is 10.2. The van der Waals surface area contributed by atoms with Crippen molar-refractivity contribution >= 4 is 10.2 Å². The van der Waals surface area contributed by atoms with E-state index in [1.165, 1.54) is 5.56 Å². The zero-order valence-electron chi connectivity index (χ0n) is 8.16. The van der Waals surface area contributed by atoms with Gasteiger partial charge in [0.1, 0.15) is 0 Å². The van der Waals surface area contributed by atoms with Gasteiger partial charge in [0.15, 0.2) is 0 Å². The molecular weight excluding hydrogens is 180 g/mol. The van der Waals surface area contributed by atoms with Crippen LogP contribution in [0.5, 0.6) is 0 Å². The summed E-state index contributed by atoms with van der Waals surface area (Å²) in [5.74, 6) is 0. The molecule has 0 spiro atoms. The molecule has 1 unspecified atom stereocenters. The fraction of sp³-hybridized carbons (Fsp3) is 0.400. The number of hydrogen-bond acceptors (Lipinski definition) is 2. The molecule has 0 aliphatic carbocycles. The van der Waals surface area contributed by atoms with Gasteiger partial charge in [-0.3, -0.25) is 0 Å². The SMILES string of the molecule is CC(O)c1ccc(COC[SiH3])cc1. The van der Waals surface area contributed by atoms with Gasteiger partial charge in [-0.25, -0.2) is 0 Å². The second-order valence-corrected chi connectivity index (χ2v) is 3.63. The number of ether oxygens (including phenoxy) is 1. The number of benzene rings is 1. The molecule has 0 aromatic heterocycles. The molecule has 72 valence electrons. The molecule has 0 saturated carbocycles. The first-order valence-corrected chi connectivity index (χ1v) is 6.00. The lowest BCUT2D eigenvalue weighted by Crippen LogP contribution is -1.95. The van der Waals surface area contributed by atoms with Crippen LogP contribution in [-0.4, -0.2) is 21.6 Å². The number of hydrogen-bond donors (Lipinski definition) is 1. The number of aliphatic hydroxyl groups is 1. The second kappa shape index (κ2) is 5.17. The Hall–Kier alpha value is -0.643. The Morgan fingerprint density at radius 3 is 2.46 bits per heavy atom. The molecule has 0 amide bonds. The van der Waals surface area contributed by atoms with Gasteiger partial charge in [0.25, 0.3) is 0 Å². The van der Waals surface area contributed by atoms with Gasteiger partial charge in [0.05, 0.1) is 12.7 Å². The lowest BCUT2D eigenvalue weighted by Gasteiger charge is -2.06. The van der Waals surface area contributed by atoms with Crippen molar-refractivity contribution in [3.63, 3.8) is 0 Å². The quantitative estimate of drug-likeness (QED) is 0.714. The molecule has 1 rings (SSSR count). The van der Waals surface area contributed by atoms with E-state index in [1.807, 2.05) is 24.3 Å². The van der Waals surface area contributed by atoms with Gasteiger partial charge in [-0.05, 0) is 18.1 Å². The molecule has 1 aromatic carbocycles. The summed E-state index contributed by atoms with van der Waals surface area (Å²) in [7, 11) is 1.08. The maximum Gasteiger partial charge on any atom is 0.0761 e. The van der Waals surface area contributed by atoms with Gasteiger partial charge in [-0.15, -0.1) is 0 Å². The highest BCUT2D eigenvalue weighted by molar-refractivity contribution is 6.08. The standard InChI is InChI=1S/C10H16O2Si/c1-8(11)10-4-2-9(3-5-10)6-12-7-13/h2-5,8,11H,6-7H2,1,13H3. The van der Waals surface area contributed by atoms with Crippen molar-refractivity contribution in [3.8, 4) is 0 Å². The Morgan fingerprint density at radius 2 is 2.00 bits per heavy atom. The summed E-state index contributed by atoms with van der Waals surface area (Å²) >= 11 is 0. The molecular formula is C10H16O2Si. The topological polar surface area (TPSA) is 29.5 Å². The summed E-state index contributed by atoms with van der Waals surface area (Å²) in [6.45, 7) is 2.45. The van der Waals surface area contributed by atoms with Crippen LogP contribution in [0.15, 0.2) is 24.3 Å². The first-order chi connectivity index (χ1) is 6.24. The van der Waals surface area contributed by atoms with Crippen LogP contribution in [0, 0.1) is 0 Å². The minimum Gasteiger partial charge on any atom is -0.389 e. The molecule has 0 fully saturated rings. The molecule has 3 heteroatoms. The van der Waals surface area contributed by atoms with Gasteiger partial charge < -0.3 is 9.84 Å². The van der Waals surface area contributed by atoms with Gasteiger partial charge in [0, 0.05) is 16.5 Å². The van der Waals surface area contributed by atoms with E-state index in [0.29, 0.717) is 6.61 Å². The van der Waals surface area contributed by atoms with Crippen LogP contribution >= 0.6 is 0 Å². The lowest BCUT2D eigenvalue weighted by molar-refractivity contribution is 0.165. The van der Waals surface area contributed by atoms with Crippen molar-refractivity contribution in [2.75, 3.05) is 6.23 Å². The predicted octanol–water partition coefficient (Wildman–Crippen LogP) is 0.579. The molecule has 0 radical (unpaired) electrons. The molecule has 2 nitrogen and oxygen atoms in total. The minimum atomic E-state index is -0.381. The van der Waals surface area contributed by atoms with Crippen molar-refractivity contribution in [1.29, 1.82) is 0 Å². The van der Waals surface area contributed by atoms with E-state index in [4.69, 9.17) is 4.74 Å².